The average molecular weight is 251 g/mol. The molecule has 1 aliphatic heterocycles. The maximum Gasteiger partial charge on any atom is 0.321 e. The fraction of sp³-hybridized carbons (Fsp3) is 0.692. The molecule has 0 spiro atoms. The maximum atomic E-state index is 11.3. The molecule has 18 heavy (non-hydrogen) atoms. The fourth-order valence-electron chi connectivity index (χ4n) is 2.40. The summed E-state index contributed by atoms with van der Waals surface area (Å²) in [5.41, 5.74) is 0.948. The van der Waals surface area contributed by atoms with E-state index in [4.69, 9.17) is 0 Å². The lowest BCUT2D eigenvalue weighted by atomic mass is 9.86. The molecule has 2 rings (SSSR count). The number of aliphatic carboxylic acids is 1. The summed E-state index contributed by atoms with van der Waals surface area (Å²) >= 11 is 0. The lowest BCUT2D eigenvalue weighted by Gasteiger charge is -2.29. The van der Waals surface area contributed by atoms with Crippen molar-refractivity contribution in [3.8, 4) is 0 Å². The van der Waals surface area contributed by atoms with Crippen molar-refractivity contribution >= 4 is 5.97 Å². The summed E-state index contributed by atoms with van der Waals surface area (Å²) < 4.78 is 1.90. The predicted octanol–water partition coefficient (Wildman–Crippen LogP) is 1.56. The smallest absolute Gasteiger partial charge is 0.321 e. The third-order valence-electron chi connectivity index (χ3n) is 3.44. The third-order valence-corrected chi connectivity index (χ3v) is 3.44. The van der Waals surface area contributed by atoms with Gasteiger partial charge in [-0.1, -0.05) is 0 Å². The van der Waals surface area contributed by atoms with E-state index in [1.807, 2.05) is 10.9 Å². The van der Waals surface area contributed by atoms with E-state index >= 15 is 0 Å². The second kappa shape index (κ2) is 4.72. The van der Waals surface area contributed by atoms with Gasteiger partial charge in [-0.15, -0.1) is 0 Å². The number of nitrogens with zero attached hydrogens (tertiary/aromatic N) is 2. The molecule has 5 nitrogen and oxygen atoms in total. The first-order valence-electron chi connectivity index (χ1n) is 6.41. The Kier molecular flexibility index (Phi) is 3.43. The monoisotopic (exact) mass is 251 g/mol. The molecular weight excluding hydrogens is 230 g/mol. The van der Waals surface area contributed by atoms with Gasteiger partial charge in [0.1, 0.15) is 6.04 Å². The van der Waals surface area contributed by atoms with E-state index in [-0.39, 0.29) is 11.5 Å². The highest BCUT2D eigenvalue weighted by molar-refractivity contribution is 5.75. The lowest BCUT2D eigenvalue weighted by Crippen LogP contribution is -2.45. The molecule has 0 aromatic carbocycles. The van der Waals surface area contributed by atoms with Crippen LogP contribution in [0.3, 0.4) is 0 Å². The average Bonchev–Trinajstić information content (AvgIpc) is 2.77. The van der Waals surface area contributed by atoms with Gasteiger partial charge < -0.3 is 10.4 Å². The van der Waals surface area contributed by atoms with Gasteiger partial charge in [0.05, 0.1) is 11.7 Å². The van der Waals surface area contributed by atoms with E-state index in [1.54, 1.807) is 6.20 Å². The molecule has 0 bridgehead atoms. The van der Waals surface area contributed by atoms with Crippen LogP contribution >= 0.6 is 0 Å². The van der Waals surface area contributed by atoms with Crippen LogP contribution in [0.25, 0.3) is 0 Å². The summed E-state index contributed by atoms with van der Waals surface area (Å²) in [6, 6.07) is -0.489. The lowest BCUT2D eigenvalue weighted by molar-refractivity contribution is -0.140. The molecule has 1 saturated heterocycles. The Labute approximate surface area is 107 Å². The standard InChI is InChI=1S/C13H21N3O2/c1-13(2,3)16-8-9(7-15-16)10-5-4-6-14-11(10)12(17)18/h7-8,10-11,14H,4-6H2,1-3H3,(H,17,18). The molecule has 5 heteroatoms. The van der Waals surface area contributed by atoms with Gasteiger partial charge in [0.2, 0.25) is 0 Å². The van der Waals surface area contributed by atoms with Crippen LogP contribution in [0.4, 0.5) is 0 Å². The van der Waals surface area contributed by atoms with Crippen molar-refractivity contribution in [3.63, 3.8) is 0 Å². The first-order chi connectivity index (χ1) is 8.39. The van der Waals surface area contributed by atoms with Crippen LogP contribution < -0.4 is 5.32 Å². The predicted molar refractivity (Wildman–Crippen MR) is 68.6 cm³/mol. The number of carbonyl (C=O) groups is 1. The third kappa shape index (κ3) is 2.56. The fourth-order valence-corrected chi connectivity index (χ4v) is 2.40. The summed E-state index contributed by atoms with van der Waals surface area (Å²) in [4.78, 5) is 11.3. The number of rotatable bonds is 2. The largest absolute Gasteiger partial charge is 0.480 e. The number of aromatic nitrogens is 2. The first-order valence-corrected chi connectivity index (χ1v) is 6.41. The number of piperidine rings is 1. The van der Waals surface area contributed by atoms with Crippen LogP contribution in [0.15, 0.2) is 12.4 Å². The second-order valence-electron chi connectivity index (χ2n) is 5.91. The normalized spacial score (nSPS) is 25.1. The van der Waals surface area contributed by atoms with Crippen molar-refractivity contribution in [2.45, 2.75) is 51.1 Å². The summed E-state index contributed by atoms with van der Waals surface area (Å²) in [6.45, 7) is 7.02. The van der Waals surface area contributed by atoms with Gasteiger partial charge in [0, 0.05) is 12.1 Å². The molecule has 2 heterocycles. The molecule has 2 N–H and O–H groups in total. The van der Waals surface area contributed by atoms with Crippen molar-refractivity contribution in [1.82, 2.24) is 15.1 Å². The molecule has 0 radical (unpaired) electrons. The minimum absolute atomic E-state index is 0.0207. The molecule has 100 valence electrons. The highest BCUT2D eigenvalue weighted by atomic mass is 16.4. The zero-order valence-corrected chi connectivity index (χ0v) is 11.2. The topological polar surface area (TPSA) is 67.2 Å². The maximum absolute atomic E-state index is 11.3. The summed E-state index contributed by atoms with van der Waals surface area (Å²) in [6.07, 6.45) is 5.70. The number of nitrogens with one attached hydrogen (secondary N) is 1. The number of carboxylic acid groups (broad SMARTS) is 1. The quantitative estimate of drug-likeness (QED) is 0.837. The SMILES string of the molecule is CC(C)(C)n1cc(C2CCCNC2C(=O)O)cn1. The van der Waals surface area contributed by atoms with E-state index in [1.165, 1.54) is 0 Å². The van der Waals surface area contributed by atoms with Crippen LogP contribution in [-0.2, 0) is 10.3 Å². The van der Waals surface area contributed by atoms with Gasteiger partial charge >= 0.3 is 5.97 Å². The Morgan fingerprint density at radius 1 is 1.56 bits per heavy atom. The van der Waals surface area contributed by atoms with E-state index in [0.717, 1.165) is 24.9 Å². The molecule has 0 saturated carbocycles. The number of hydrogen-bond donors (Lipinski definition) is 2. The van der Waals surface area contributed by atoms with Crippen LogP contribution in [0, 0.1) is 0 Å². The Balaban J connectivity index is 2.24. The van der Waals surface area contributed by atoms with Gasteiger partial charge in [-0.25, -0.2) is 0 Å². The van der Waals surface area contributed by atoms with Crippen LogP contribution in [0.2, 0.25) is 0 Å². The Hall–Kier alpha value is -1.36. The van der Waals surface area contributed by atoms with Crippen LogP contribution in [0.1, 0.15) is 45.1 Å². The van der Waals surface area contributed by atoms with Crippen LogP contribution in [-0.4, -0.2) is 33.4 Å². The summed E-state index contributed by atoms with van der Waals surface area (Å²) in [7, 11) is 0. The Morgan fingerprint density at radius 2 is 2.28 bits per heavy atom. The summed E-state index contributed by atoms with van der Waals surface area (Å²) in [5, 5.41) is 16.7. The molecule has 0 amide bonds. The van der Waals surface area contributed by atoms with Crippen molar-refractivity contribution in [3.05, 3.63) is 18.0 Å². The molecule has 1 aromatic heterocycles. The first kappa shape index (κ1) is 13.1. The minimum Gasteiger partial charge on any atom is -0.480 e. The van der Waals surface area contributed by atoms with Gasteiger partial charge in [-0.3, -0.25) is 9.48 Å². The van der Waals surface area contributed by atoms with E-state index in [0.29, 0.717) is 0 Å². The van der Waals surface area contributed by atoms with Crippen LogP contribution in [0.5, 0.6) is 0 Å². The van der Waals surface area contributed by atoms with E-state index in [9.17, 15) is 9.90 Å². The molecule has 2 unspecified atom stereocenters. The zero-order chi connectivity index (χ0) is 13.3. The highest BCUT2D eigenvalue weighted by Gasteiger charge is 2.32. The van der Waals surface area contributed by atoms with Gasteiger partial charge in [0.25, 0.3) is 0 Å². The number of hydrogen-bond acceptors (Lipinski definition) is 3. The molecular formula is C13H21N3O2. The van der Waals surface area contributed by atoms with E-state index < -0.39 is 12.0 Å². The van der Waals surface area contributed by atoms with Gasteiger partial charge in [0.15, 0.2) is 0 Å². The van der Waals surface area contributed by atoms with Gasteiger partial charge in [-0.05, 0) is 45.7 Å². The minimum atomic E-state index is -0.775. The highest BCUT2D eigenvalue weighted by Crippen LogP contribution is 2.29. The zero-order valence-electron chi connectivity index (χ0n) is 11.2. The molecule has 2 atom stereocenters. The van der Waals surface area contributed by atoms with Gasteiger partial charge in [-0.2, -0.15) is 5.10 Å². The second-order valence-corrected chi connectivity index (χ2v) is 5.91. The Morgan fingerprint density at radius 3 is 2.83 bits per heavy atom. The van der Waals surface area contributed by atoms with Crippen molar-refractivity contribution in [2.75, 3.05) is 6.54 Å². The molecule has 1 fully saturated rings. The van der Waals surface area contributed by atoms with E-state index in [2.05, 4.69) is 31.2 Å². The van der Waals surface area contributed by atoms with Crippen molar-refractivity contribution < 1.29 is 9.90 Å². The Bertz CT molecular complexity index is 434. The molecule has 1 aromatic rings. The van der Waals surface area contributed by atoms with Crippen molar-refractivity contribution in [2.24, 2.45) is 0 Å². The molecule has 0 aliphatic carbocycles. The van der Waals surface area contributed by atoms with Crippen molar-refractivity contribution in [1.29, 1.82) is 0 Å². The number of carboxylic acids is 1. The summed E-state index contributed by atoms with van der Waals surface area (Å²) in [5.74, 6) is -0.754. The molecule has 1 aliphatic rings.